The Morgan fingerprint density at radius 2 is 0.917 bits per heavy atom. The lowest BCUT2D eigenvalue weighted by Gasteiger charge is -2.06. The van der Waals surface area contributed by atoms with Crippen molar-refractivity contribution in [2.24, 2.45) is 0 Å². The lowest BCUT2D eigenvalue weighted by molar-refractivity contribution is -0.119. The zero-order valence-electron chi connectivity index (χ0n) is 12.3. The Kier molecular flexibility index (Phi) is 5.64. The second-order valence-electron chi connectivity index (χ2n) is 5.25. The van der Waals surface area contributed by atoms with Gasteiger partial charge in [0.15, 0.2) is 23.3 Å². The Hall–Kier alpha value is -2.31. The minimum Gasteiger partial charge on any atom is -0.300 e. The van der Waals surface area contributed by atoms with Crippen LogP contribution in [-0.2, 0) is 17.6 Å². The van der Waals surface area contributed by atoms with E-state index in [1.165, 1.54) is 0 Å². The summed E-state index contributed by atoms with van der Waals surface area (Å²) in [6, 6.07) is 2.14. The highest BCUT2D eigenvalue weighted by atomic mass is 19.2. The second kappa shape index (κ2) is 7.51. The molecule has 0 saturated heterocycles. The maximum Gasteiger partial charge on any atom is 0.161 e. The van der Waals surface area contributed by atoms with Crippen molar-refractivity contribution in [1.82, 2.24) is 0 Å². The van der Waals surface area contributed by atoms with Crippen LogP contribution in [0.1, 0.15) is 24.0 Å². The minimum atomic E-state index is -1.32. The number of hydrogen-bond donors (Lipinski definition) is 0. The summed E-state index contributed by atoms with van der Waals surface area (Å²) in [7, 11) is 0. The number of ketones is 1. The fourth-order valence-electron chi connectivity index (χ4n) is 2.18. The van der Waals surface area contributed by atoms with Gasteiger partial charge in [0.2, 0.25) is 0 Å². The fraction of sp³-hybridized carbons (Fsp3) is 0.235. The Morgan fingerprint density at radius 3 is 1.29 bits per heavy atom. The SMILES string of the molecule is O=C(CCc1cc(F)c(F)cc1F)CCc1cc(F)c(F)cc1F. The van der Waals surface area contributed by atoms with Gasteiger partial charge in [-0.2, -0.15) is 0 Å². The van der Waals surface area contributed by atoms with Crippen LogP contribution in [0.5, 0.6) is 0 Å². The van der Waals surface area contributed by atoms with Gasteiger partial charge in [0.25, 0.3) is 0 Å². The van der Waals surface area contributed by atoms with Gasteiger partial charge < -0.3 is 0 Å². The highest BCUT2D eigenvalue weighted by Gasteiger charge is 2.14. The molecule has 0 atom stereocenters. The Bertz CT molecular complexity index is 709. The highest BCUT2D eigenvalue weighted by molar-refractivity contribution is 5.78. The molecule has 0 heterocycles. The summed E-state index contributed by atoms with van der Waals surface area (Å²) in [6.45, 7) is 0. The molecule has 0 saturated carbocycles. The van der Waals surface area contributed by atoms with Gasteiger partial charge in [-0.15, -0.1) is 0 Å². The molecule has 2 rings (SSSR count). The van der Waals surface area contributed by atoms with Crippen molar-refractivity contribution in [1.29, 1.82) is 0 Å². The largest absolute Gasteiger partial charge is 0.300 e. The summed E-state index contributed by atoms with van der Waals surface area (Å²) < 4.78 is 78.5. The zero-order valence-corrected chi connectivity index (χ0v) is 12.3. The third-order valence-corrected chi connectivity index (χ3v) is 3.52. The molecule has 2 aromatic rings. The number of aryl methyl sites for hydroxylation is 2. The van der Waals surface area contributed by atoms with E-state index in [0.717, 1.165) is 0 Å². The van der Waals surface area contributed by atoms with Crippen molar-refractivity contribution in [2.45, 2.75) is 25.7 Å². The average Bonchev–Trinajstić information content (AvgIpc) is 2.51. The van der Waals surface area contributed by atoms with Crippen LogP contribution in [0, 0.1) is 34.9 Å². The molecule has 0 amide bonds. The van der Waals surface area contributed by atoms with Crippen molar-refractivity contribution in [3.63, 3.8) is 0 Å². The van der Waals surface area contributed by atoms with Crippen molar-refractivity contribution >= 4 is 5.78 Å². The summed E-state index contributed by atoms with van der Waals surface area (Å²) in [5, 5.41) is 0. The van der Waals surface area contributed by atoms with Crippen molar-refractivity contribution < 1.29 is 31.1 Å². The van der Waals surface area contributed by atoms with Crippen LogP contribution in [-0.4, -0.2) is 5.78 Å². The first-order chi connectivity index (χ1) is 11.3. The second-order valence-corrected chi connectivity index (χ2v) is 5.25. The molecular weight excluding hydrogens is 334 g/mol. The van der Waals surface area contributed by atoms with Crippen molar-refractivity contribution in [3.8, 4) is 0 Å². The smallest absolute Gasteiger partial charge is 0.161 e. The van der Waals surface area contributed by atoms with Crippen LogP contribution in [0.2, 0.25) is 0 Å². The molecule has 0 bridgehead atoms. The Morgan fingerprint density at radius 1 is 0.583 bits per heavy atom. The molecule has 7 heteroatoms. The molecule has 0 aromatic heterocycles. The summed E-state index contributed by atoms with van der Waals surface area (Å²) >= 11 is 0. The van der Waals surface area contributed by atoms with E-state index in [0.29, 0.717) is 24.3 Å². The Labute approximate surface area is 133 Å². The standard InChI is InChI=1S/C17H12F6O/c18-12-7-16(22)14(20)5-9(12)1-3-11(24)4-2-10-6-15(21)17(23)8-13(10)19/h5-8H,1-4H2. The van der Waals surface area contributed by atoms with Crippen LogP contribution < -0.4 is 0 Å². The van der Waals surface area contributed by atoms with Crippen molar-refractivity contribution in [3.05, 3.63) is 70.3 Å². The summed E-state index contributed by atoms with van der Waals surface area (Å²) in [5.41, 5.74) is -0.303. The predicted molar refractivity (Wildman–Crippen MR) is 74.3 cm³/mol. The topological polar surface area (TPSA) is 17.1 Å². The predicted octanol–water partition coefficient (Wildman–Crippen LogP) is 4.66. The van der Waals surface area contributed by atoms with E-state index in [4.69, 9.17) is 0 Å². The first-order valence-corrected chi connectivity index (χ1v) is 7.06. The molecule has 1 nitrogen and oxygen atoms in total. The molecule has 128 valence electrons. The molecule has 0 fully saturated rings. The molecule has 0 aliphatic carbocycles. The van der Waals surface area contributed by atoms with Gasteiger partial charge in [-0.05, 0) is 36.1 Å². The van der Waals surface area contributed by atoms with Crippen LogP contribution in [0.4, 0.5) is 26.3 Å². The molecule has 0 aliphatic heterocycles. The molecule has 2 aromatic carbocycles. The normalized spacial score (nSPS) is 10.9. The fourth-order valence-corrected chi connectivity index (χ4v) is 2.18. The zero-order chi connectivity index (χ0) is 17.9. The van der Waals surface area contributed by atoms with Gasteiger partial charge >= 0.3 is 0 Å². The van der Waals surface area contributed by atoms with Crippen LogP contribution >= 0.6 is 0 Å². The molecule has 24 heavy (non-hydrogen) atoms. The highest BCUT2D eigenvalue weighted by Crippen LogP contribution is 2.18. The summed E-state index contributed by atoms with van der Waals surface area (Å²) in [5.74, 6) is -7.41. The van der Waals surface area contributed by atoms with Gasteiger partial charge in [-0.1, -0.05) is 0 Å². The summed E-state index contributed by atoms with van der Waals surface area (Å²) in [6.07, 6.45) is -0.648. The van der Waals surface area contributed by atoms with Crippen molar-refractivity contribution in [2.75, 3.05) is 0 Å². The molecule has 0 unspecified atom stereocenters. The lowest BCUT2D eigenvalue weighted by atomic mass is 10.0. The van der Waals surface area contributed by atoms with Gasteiger partial charge in [0.1, 0.15) is 17.4 Å². The maximum absolute atomic E-state index is 13.4. The number of carbonyl (C=O) groups excluding carboxylic acids is 1. The Balaban J connectivity index is 1.93. The third-order valence-electron chi connectivity index (χ3n) is 3.52. The van der Waals surface area contributed by atoms with E-state index in [2.05, 4.69) is 0 Å². The molecule has 0 radical (unpaired) electrons. The number of Topliss-reactive ketones (excluding diaryl/α,β-unsaturated/α-hetero) is 1. The van der Waals surface area contributed by atoms with Crippen LogP contribution in [0.15, 0.2) is 24.3 Å². The average molecular weight is 346 g/mol. The first-order valence-electron chi connectivity index (χ1n) is 7.06. The first kappa shape index (κ1) is 18.0. The van der Waals surface area contributed by atoms with Gasteiger partial charge in [0.05, 0.1) is 0 Å². The molecular formula is C17H12F6O. The van der Waals surface area contributed by atoms with Gasteiger partial charge in [0, 0.05) is 25.0 Å². The molecule has 0 N–H and O–H groups in total. The van der Waals surface area contributed by atoms with E-state index in [1.807, 2.05) is 0 Å². The molecule has 0 aliphatic rings. The number of rotatable bonds is 6. The summed E-state index contributed by atoms with van der Waals surface area (Å²) in [4.78, 5) is 11.7. The van der Waals surface area contributed by atoms with Crippen LogP contribution in [0.3, 0.4) is 0 Å². The van der Waals surface area contributed by atoms with Gasteiger partial charge in [-0.25, -0.2) is 26.3 Å². The number of hydrogen-bond acceptors (Lipinski definition) is 1. The number of benzene rings is 2. The van der Waals surface area contributed by atoms with E-state index in [-0.39, 0.29) is 36.8 Å². The van der Waals surface area contributed by atoms with E-state index in [9.17, 15) is 31.1 Å². The maximum atomic E-state index is 13.4. The quantitative estimate of drug-likeness (QED) is 0.549. The molecule has 0 spiro atoms. The van der Waals surface area contributed by atoms with Crippen LogP contribution in [0.25, 0.3) is 0 Å². The lowest BCUT2D eigenvalue weighted by Crippen LogP contribution is -2.05. The minimum absolute atomic E-state index is 0.151. The number of carbonyl (C=O) groups is 1. The van der Waals surface area contributed by atoms with E-state index in [1.54, 1.807) is 0 Å². The van der Waals surface area contributed by atoms with E-state index < -0.39 is 40.7 Å². The van der Waals surface area contributed by atoms with E-state index >= 15 is 0 Å². The number of halogens is 6. The monoisotopic (exact) mass is 346 g/mol. The third kappa shape index (κ3) is 4.37. The van der Waals surface area contributed by atoms with Gasteiger partial charge in [-0.3, -0.25) is 4.79 Å².